The van der Waals surface area contributed by atoms with Gasteiger partial charge in [0, 0.05) is 42.6 Å². The number of aryl methyl sites for hydroxylation is 1. The lowest BCUT2D eigenvalue weighted by atomic mass is 10.3. The minimum Gasteiger partial charge on any atom is -0.356 e. The van der Waals surface area contributed by atoms with Crippen LogP contribution in [0, 0.1) is 12.7 Å². The van der Waals surface area contributed by atoms with Crippen LogP contribution in [-0.4, -0.2) is 36.8 Å². The van der Waals surface area contributed by atoms with E-state index in [1.807, 2.05) is 6.92 Å². The first-order chi connectivity index (χ1) is 11.2. The minimum absolute atomic E-state index is 0. The number of thioether (sulfide) groups is 1. The molecule has 0 amide bonds. The summed E-state index contributed by atoms with van der Waals surface area (Å²) in [4.78, 5) is 9.70. The molecule has 2 aromatic rings. The van der Waals surface area contributed by atoms with Crippen molar-refractivity contribution in [3.8, 4) is 0 Å². The van der Waals surface area contributed by atoms with Gasteiger partial charge in [0.05, 0.1) is 10.7 Å². The molecule has 1 heterocycles. The molecule has 8 heteroatoms. The number of thiazole rings is 1. The largest absolute Gasteiger partial charge is 0.356 e. The van der Waals surface area contributed by atoms with Crippen molar-refractivity contribution in [1.29, 1.82) is 0 Å². The Hall–Kier alpha value is -0.870. The number of guanidine groups is 1. The van der Waals surface area contributed by atoms with Crippen LogP contribution < -0.4 is 10.6 Å². The predicted octanol–water partition coefficient (Wildman–Crippen LogP) is 3.71. The van der Waals surface area contributed by atoms with E-state index in [9.17, 15) is 4.39 Å². The summed E-state index contributed by atoms with van der Waals surface area (Å²) in [6.45, 7) is 3.60. The summed E-state index contributed by atoms with van der Waals surface area (Å²) < 4.78 is 12.8. The summed E-state index contributed by atoms with van der Waals surface area (Å²) in [5.74, 6) is 1.47. The number of rotatable bonds is 7. The third-order valence-electron chi connectivity index (χ3n) is 3.04. The van der Waals surface area contributed by atoms with Crippen molar-refractivity contribution in [3.63, 3.8) is 0 Å². The van der Waals surface area contributed by atoms with Gasteiger partial charge in [0.1, 0.15) is 5.82 Å². The van der Waals surface area contributed by atoms with Gasteiger partial charge < -0.3 is 10.6 Å². The molecule has 0 radical (unpaired) electrons. The maximum atomic E-state index is 12.8. The van der Waals surface area contributed by atoms with Crippen molar-refractivity contribution >= 4 is 53.0 Å². The molecule has 132 valence electrons. The smallest absolute Gasteiger partial charge is 0.191 e. The molecule has 4 nitrogen and oxygen atoms in total. The van der Waals surface area contributed by atoms with E-state index in [2.05, 4.69) is 26.0 Å². The molecule has 0 saturated heterocycles. The van der Waals surface area contributed by atoms with Crippen LogP contribution in [0.15, 0.2) is 39.5 Å². The fourth-order valence-electron chi connectivity index (χ4n) is 1.92. The van der Waals surface area contributed by atoms with E-state index < -0.39 is 0 Å². The van der Waals surface area contributed by atoms with Crippen molar-refractivity contribution in [2.75, 3.05) is 25.9 Å². The van der Waals surface area contributed by atoms with Crippen LogP contribution in [-0.2, 0) is 6.42 Å². The van der Waals surface area contributed by atoms with Gasteiger partial charge in [-0.05, 0) is 31.2 Å². The molecule has 0 aliphatic heterocycles. The molecule has 2 N–H and O–H groups in total. The van der Waals surface area contributed by atoms with Gasteiger partial charge >= 0.3 is 0 Å². The Labute approximate surface area is 167 Å². The van der Waals surface area contributed by atoms with Gasteiger partial charge in [-0.1, -0.05) is 0 Å². The van der Waals surface area contributed by atoms with Crippen LogP contribution >= 0.6 is 47.1 Å². The standard InChI is InChI=1S/C16H21FN4S2.HI/c1-12-21-14(11-23-12)7-8-19-16(18-2)20-9-10-22-15-5-3-13(17)4-6-15;/h3-6,11H,7-10H2,1-2H3,(H2,18,19,20);1H. The summed E-state index contributed by atoms with van der Waals surface area (Å²) in [6.07, 6.45) is 0.884. The van der Waals surface area contributed by atoms with E-state index in [-0.39, 0.29) is 29.8 Å². The topological polar surface area (TPSA) is 49.3 Å². The highest BCUT2D eigenvalue weighted by atomic mass is 127. The highest BCUT2D eigenvalue weighted by Gasteiger charge is 2.01. The zero-order valence-corrected chi connectivity index (χ0v) is 17.7. The molecule has 0 saturated carbocycles. The van der Waals surface area contributed by atoms with E-state index in [1.165, 1.54) is 12.1 Å². The summed E-state index contributed by atoms with van der Waals surface area (Å²) in [7, 11) is 1.76. The molecule has 0 aliphatic carbocycles. The maximum absolute atomic E-state index is 12.8. The number of hydrogen-bond donors (Lipinski definition) is 2. The van der Waals surface area contributed by atoms with Crippen LogP contribution in [0.4, 0.5) is 4.39 Å². The number of nitrogens with zero attached hydrogens (tertiary/aromatic N) is 2. The van der Waals surface area contributed by atoms with Crippen molar-refractivity contribution in [3.05, 3.63) is 46.2 Å². The molecule has 0 atom stereocenters. The Kier molecular flexibility index (Phi) is 10.3. The average Bonchev–Trinajstić information content (AvgIpc) is 2.97. The van der Waals surface area contributed by atoms with Crippen molar-refractivity contribution in [1.82, 2.24) is 15.6 Å². The van der Waals surface area contributed by atoms with E-state index in [0.717, 1.165) is 46.8 Å². The molecule has 1 aromatic heterocycles. The van der Waals surface area contributed by atoms with E-state index in [0.29, 0.717) is 0 Å². The molecule has 0 spiro atoms. The third-order valence-corrected chi connectivity index (χ3v) is 4.88. The molecular formula is C16H22FIN4S2. The molecule has 0 fully saturated rings. The van der Waals surface area contributed by atoms with Gasteiger partial charge in [0.15, 0.2) is 5.96 Å². The normalized spacial score (nSPS) is 11.0. The SMILES string of the molecule is CN=C(NCCSc1ccc(F)cc1)NCCc1csc(C)n1.I. The fraction of sp³-hybridized carbons (Fsp3) is 0.375. The van der Waals surface area contributed by atoms with Gasteiger partial charge in [-0.25, -0.2) is 9.37 Å². The fourth-order valence-corrected chi connectivity index (χ4v) is 3.34. The van der Waals surface area contributed by atoms with Gasteiger partial charge in [-0.15, -0.1) is 47.1 Å². The number of halogens is 2. The third kappa shape index (κ3) is 7.80. The second-order valence-electron chi connectivity index (χ2n) is 4.84. The summed E-state index contributed by atoms with van der Waals surface area (Å²) >= 11 is 3.36. The molecule has 24 heavy (non-hydrogen) atoms. The number of benzene rings is 1. The van der Waals surface area contributed by atoms with Crippen molar-refractivity contribution in [2.24, 2.45) is 4.99 Å². The van der Waals surface area contributed by atoms with Gasteiger partial charge in [-0.3, -0.25) is 4.99 Å². The summed E-state index contributed by atoms with van der Waals surface area (Å²) in [6, 6.07) is 6.55. The first kappa shape index (κ1) is 21.2. The first-order valence-corrected chi connectivity index (χ1v) is 9.28. The van der Waals surface area contributed by atoms with Crippen molar-refractivity contribution in [2.45, 2.75) is 18.2 Å². The van der Waals surface area contributed by atoms with Crippen LogP contribution in [0.1, 0.15) is 10.7 Å². The van der Waals surface area contributed by atoms with Crippen LogP contribution in [0.5, 0.6) is 0 Å². The number of nitrogens with one attached hydrogen (secondary N) is 2. The monoisotopic (exact) mass is 480 g/mol. The molecule has 1 aromatic carbocycles. The Bertz CT molecular complexity index is 631. The first-order valence-electron chi connectivity index (χ1n) is 7.41. The van der Waals surface area contributed by atoms with E-state index >= 15 is 0 Å². The molecule has 2 rings (SSSR count). The van der Waals surface area contributed by atoms with Crippen LogP contribution in [0.2, 0.25) is 0 Å². The summed E-state index contributed by atoms with van der Waals surface area (Å²) in [5, 5.41) is 9.73. The second-order valence-corrected chi connectivity index (χ2v) is 7.07. The Morgan fingerprint density at radius 1 is 1.25 bits per heavy atom. The number of aliphatic imine (C=N–C) groups is 1. The number of aromatic nitrogens is 1. The minimum atomic E-state index is -0.201. The Balaban J connectivity index is 0.00000288. The highest BCUT2D eigenvalue weighted by Crippen LogP contribution is 2.17. The lowest BCUT2D eigenvalue weighted by molar-refractivity contribution is 0.626. The average molecular weight is 480 g/mol. The van der Waals surface area contributed by atoms with Crippen LogP contribution in [0.3, 0.4) is 0 Å². The van der Waals surface area contributed by atoms with E-state index in [4.69, 9.17) is 0 Å². The molecular weight excluding hydrogens is 458 g/mol. The quantitative estimate of drug-likeness (QED) is 0.209. The summed E-state index contributed by atoms with van der Waals surface area (Å²) in [5.41, 5.74) is 1.11. The molecule has 0 bridgehead atoms. The van der Waals surface area contributed by atoms with Crippen LogP contribution in [0.25, 0.3) is 0 Å². The van der Waals surface area contributed by atoms with Gasteiger partial charge in [0.25, 0.3) is 0 Å². The molecule has 0 aliphatic rings. The van der Waals surface area contributed by atoms with E-state index in [1.54, 1.807) is 42.3 Å². The zero-order valence-electron chi connectivity index (χ0n) is 13.7. The van der Waals surface area contributed by atoms with Gasteiger partial charge in [-0.2, -0.15) is 0 Å². The second kappa shape index (κ2) is 11.6. The lowest BCUT2D eigenvalue weighted by Crippen LogP contribution is -2.39. The zero-order chi connectivity index (χ0) is 16.5. The van der Waals surface area contributed by atoms with Crippen molar-refractivity contribution < 1.29 is 4.39 Å². The highest BCUT2D eigenvalue weighted by molar-refractivity contribution is 14.0. The number of hydrogen-bond acceptors (Lipinski definition) is 4. The maximum Gasteiger partial charge on any atom is 0.191 e. The Morgan fingerprint density at radius 3 is 2.58 bits per heavy atom. The predicted molar refractivity (Wildman–Crippen MR) is 112 cm³/mol. The van der Waals surface area contributed by atoms with Gasteiger partial charge in [0.2, 0.25) is 0 Å². The lowest BCUT2D eigenvalue weighted by Gasteiger charge is -2.11. The Morgan fingerprint density at radius 2 is 1.96 bits per heavy atom. The molecule has 0 unspecified atom stereocenters.